The fourth-order valence-corrected chi connectivity index (χ4v) is 10.9. The zero-order chi connectivity index (χ0) is 51.2. The largest absolute Gasteiger partial charge is 0.507 e. The Labute approximate surface area is 446 Å². The molecule has 0 fully saturated rings. The molecule has 0 bridgehead atoms. The quantitative estimate of drug-likeness (QED) is 0.133. The molecule has 5 heteroatoms. The Morgan fingerprint density at radius 3 is 1.82 bits per heavy atom. The van der Waals surface area contributed by atoms with Crippen LogP contribution in [0.3, 0.4) is 0 Å². The number of aromatic nitrogens is 3. The summed E-state index contributed by atoms with van der Waals surface area (Å²) in [6, 6.07) is 48.3. The van der Waals surface area contributed by atoms with Crippen LogP contribution in [-0.4, -0.2) is 19.6 Å². The Kier molecular flexibility index (Phi) is 13.7. The molecule has 9 rings (SSSR count). The molecule has 72 heavy (non-hydrogen) atoms. The van der Waals surface area contributed by atoms with Crippen LogP contribution in [0.1, 0.15) is 163 Å². The van der Waals surface area contributed by atoms with Crippen LogP contribution in [0.2, 0.25) is 0 Å². The summed E-state index contributed by atoms with van der Waals surface area (Å²) in [6.45, 7) is 36.6. The number of aromatic hydroxyl groups is 1. The molecule has 4 nitrogen and oxygen atoms in total. The first-order valence-electron chi connectivity index (χ1n) is 25.9. The number of fused-ring (bicyclic) bond motifs is 2. The van der Waals surface area contributed by atoms with Crippen LogP contribution in [0, 0.1) is 6.07 Å². The smallest absolute Gasteiger partial charge is 0.148 e. The van der Waals surface area contributed by atoms with Crippen LogP contribution in [0.4, 0.5) is 0 Å². The van der Waals surface area contributed by atoms with Gasteiger partial charge in [-0.3, -0.25) is 9.55 Å². The van der Waals surface area contributed by atoms with E-state index in [-0.39, 0.29) is 59.3 Å². The number of para-hydroxylation sites is 1. The number of hydrogen-bond acceptors (Lipinski definition) is 3. The third kappa shape index (κ3) is 9.95. The fourth-order valence-electron chi connectivity index (χ4n) is 10.9. The summed E-state index contributed by atoms with van der Waals surface area (Å²) >= 11 is 0. The maximum atomic E-state index is 12.6. The summed E-state index contributed by atoms with van der Waals surface area (Å²) in [4.78, 5) is 10.8. The third-order valence-electron chi connectivity index (χ3n) is 15.3. The van der Waals surface area contributed by atoms with E-state index in [9.17, 15) is 5.11 Å². The van der Waals surface area contributed by atoms with Crippen LogP contribution in [0.25, 0.3) is 72.7 Å². The normalized spacial score (nSPS) is 14.9. The number of phenols is 1. The molecule has 8 aromatic rings. The average molecular weight is 1130 g/mol. The van der Waals surface area contributed by atoms with Crippen molar-refractivity contribution in [2.45, 2.75) is 163 Å². The Morgan fingerprint density at radius 2 is 1.15 bits per heavy atom. The van der Waals surface area contributed by atoms with Gasteiger partial charge in [0.1, 0.15) is 11.6 Å². The maximum Gasteiger partial charge on any atom is 0.148 e. The molecular formula is C67H76N3OPt-. The van der Waals surface area contributed by atoms with E-state index in [1.165, 1.54) is 46.2 Å². The molecule has 0 aliphatic heterocycles. The molecule has 1 aliphatic carbocycles. The molecule has 0 spiro atoms. The van der Waals surface area contributed by atoms with Crippen molar-refractivity contribution in [3.63, 3.8) is 0 Å². The van der Waals surface area contributed by atoms with Crippen molar-refractivity contribution in [3.8, 4) is 67.5 Å². The summed E-state index contributed by atoms with van der Waals surface area (Å²) in [5, 5.41) is 12.6. The van der Waals surface area contributed by atoms with Crippen LogP contribution >= 0.6 is 0 Å². The zero-order valence-electron chi connectivity index (χ0n) is 45.9. The van der Waals surface area contributed by atoms with E-state index in [2.05, 4.69) is 243 Å². The molecule has 6 aromatic carbocycles. The zero-order valence-corrected chi connectivity index (χ0v) is 48.1. The number of imidazole rings is 1. The van der Waals surface area contributed by atoms with Crippen molar-refractivity contribution in [2.24, 2.45) is 0 Å². The third-order valence-corrected chi connectivity index (χ3v) is 15.3. The molecule has 0 saturated carbocycles. The van der Waals surface area contributed by atoms with Gasteiger partial charge in [-0.15, -0.1) is 29.3 Å². The van der Waals surface area contributed by atoms with E-state index in [1.54, 1.807) is 0 Å². The van der Waals surface area contributed by atoms with Gasteiger partial charge in [0.2, 0.25) is 0 Å². The summed E-state index contributed by atoms with van der Waals surface area (Å²) in [6.07, 6.45) is 5.52. The summed E-state index contributed by atoms with van der Waals surface area (Å²) in [5.41, 5.74) is 18.7. The predicted octanol–water partition coefficient (Wildman–Crippen LogP) is 18.2. The first-order chi connectivity index (χ1) is 33.1. The van der Waals surface area contributed by atoms with Crippen molar-refractivity contribution in [3.05, 3.63) is 167 Å². The van der Waals surface area contributed by atoms with E-state index in [1.807, 2.05) is 6.20 Å². The minimum Gasteiger partial charge on any atom is -0.507 e. The van der Waals surface area contributed by atoms with Gasteiger partial charge in [0, 0.05) is 44.1 Å². The standard InChI is InChI=1S/C67H76N3O.Pt/c1-62(2,3)46-29-30-56(51(39-46)42-23-18-17-19-24-42)70-57-28-21-26-50(59(57)69-61(70)52-40-48(64(7,8)9)41-54(60(52)71)65(10,11)12)44-35-45(37-47(36-44)63(4,5)6)55-38-43(31-34-68-55)49-25-20-27-53-58(49)67(15,16)33-22-32-66(53,13)14;/h17-21,23-31,34,36-41,71H,22,32-33H2,1-16H3;/q-1;. The first kappa shape index (κ1) is 52.7. The van der Waals surface area contributed by atoms with Gasteiger partial charge in [-0.1, -0.05) is 207 Å². The molecule has 1 aliphatic rings. The second kappa shape index (κ2) is 18.7. The number of phenolic OH excluding ortho intramolecular Hbond substituents is 1. The molecule has 376 valence electrons. The second-order valence-corrected chi connectivity index (χ2v) is 25.9. The van der Waals surface area contributed by atoms with Crippen LogP contribution in [0.15, 0.2) is 128 Å². The topological polar surface area (TPSA) is 50.9 Å². The van der Waals surface area contributed by atoms with E-state index < -0.39 is 0 Å². The minimum absolute atomic E-state index is 0. The SMILES string of the molecule is CC(C)(C)c1cc(-c2cc(-c3cccc4c3C(C)(C)CCCC4(C)C)ccn2)[c-]c(-c2cccc3c2nc(-c2cc(C(C)(C)C)cc(C(C)(C)C)c2O)n3-c2ccc(C(C)(C)C)cc2-c2ccccc2)c1.[Pt]. The molecular weight excluding hydrogens is 1060 g/mol. The van der Waals surface area contributed by atoms with Gasteiger partial charge in [0.15, 0.2) is 0 Å². The van der Waals surface area contributed by atoms with Gasteiger partial charge in [0.25, 0.3) is 0 Å². The maximum absolute atomic E-state index is 12.6. The molecule has 1 N–H and O–H groups in total. The van der Waals surface area contributed by atoms with Crippen molar-refractivity contribution in [1.29, 1.82) is 0 Å². The van der Waals surface area contributed by atoms with Crippen LogP contribution in [0.5, 0.6) is 5.75 Å². The minimum atomic E-state index is -0.332. The van der Waals surface area contributed by atoms with Gasteiger partial charge >= 0.3 is 0 Å². The Morgan fingerprint density at radius 1 is 0.542 bits per heavy atom. The molecule has 2 heterocycles. The monoisotopic (exact) mass is 1130 g/mol. The van der Waals surface area contributed by atoms with Crippen molar-refractivity contribution >= 4 is 11.0 Å². The van der Waals surface area contributed by atoms with Crippen molar-refractivity contribution in [1.82, 2.24) is 14.5 Å². The Balaban J connectivity index is 0.00000693. The Hall–Kier alpha value is -5.57. The van der Waals surface area contributed by atoms with Crippen LogP contribution < -0.4 is 0 Å². The van der Waals surface area contributed by atoms with E-state index in [0.717, 1.165) is 67.8 Å². The molecule has 0 radical (unpaired) electrons. The molecule has 0 saturated heterocycles. The van der Waals surface area contributed by atoms with Crippen molar-refractivity contribution < 1.29 is 26.2 Å². The van der Waals surface area contributed by atoms with Gasteiger partial charge in [-0.2, -0.15) is 0 Å². The average Bonchev–Trinajstić information content (AvgIpc) is 3.65. The van der Waals surface area contributed by atoms with Crippen LogP contribution in [-0.2, 0) is 53.6 Å². The van der Waals surface area contributed by atoms with Gasteiger partial charge in [-0.05, 0) is 115 Å². The Bertz CT molecular complexity index is 3320. The number of pyridine rings is 1. The summed E-state index contributed by atoms with van der Waals surface area (Å²) in [7, 11) is 0. The molecule has 2 aromatic heterocycles. The van der Waals surface area contributed by atoms with Crippen molar-refractivity contribution in [2.75, 3.05) is 0 Å². The second-order valence-electron chi connectivity index (χ2n) is 25.9. The number of rotatable bonds is 6. The van der Waals surface area contributed by atoms with E-state index >= 15 is 0 Å². The molecule has 0 unspecified atom stereocenters. The molecule has 0 amide bonds. The molecule has 0 atom stereocenters. The number of benzene rings is 6. The van der Waals surface area contributed by atoms with Gasteiger partial charge < -0.3 is 5.11 Å². The van der Waals surface area contributed by atoms with Gasteiger partial charge in [-0.25, -0.2) is 4.98 Å². The van der Waals surface area contributed by atoms with E-state index in [4.69, 9.17) is 9.97 Å². The fraction of sp³-hybridized carbons (Fsp3) is 0.373. The first-order valence-corrected chi connectivity index (χ1v) is 25.9. The van der Waals surface area contributed by atoms with Gasteiger partial charge in [0.05, 0.1) is 22.3 Å². The summed E-state index contributed by atoms with van der Waals surface area (Å²) < 4.78 is 2.30. The predicted molar refractivity (Wildman–Crippen MR) is 301 cm³/mol. The number of nitrogens with zero attached hydrogens (tertiary/aromatic N) is 3. The summed E-state index contributed by atoms with van der Waals surface area (Å²) in [5.74, 6) is 0.949. The van der Waals surface area contributed by atoms with E-state index in [0.29, 0.717) is 11.4 Å². The number of hydrogen-bond donors (Lipinski definition) is 1.